The monoisotopic (exact) mass is 386 g/mol. The van der Waals surface area contributed by atoms with Gasteiger partial charge in [0, 0.05) is 49.6 Å². The summed E-state index contributed by atoms with van der Waals surface area (Å²) in [6, 6.07) is 14.8. The number of para-hydroxylation sites is 1. The summed E-state index contributed by atoms with van der Waals surface area (Å²) < 4.78 is 2.02. The highest BCUT2D eigenvalue weighted by molar-refractivity contribution is 5.84. The van der Waals surface area contributed by atoms with Gasteiger partial charge in [-0.05, 0) is 42.2 Å². The second kappa shape index (κ2) is 8.65. The molecule has 4 aromatic rings. The smallest absolute Gasteiger partial charge is 0.191 e. The van der Waals surface area contributed by atoms with E-state index in [9.17, 15) is 0 Å². The molecule has 0 aliphatic heterocycles. The average molecular weight is 387 g/mol. The first-order chi connectivity index (χ1) is 14.2. The standard InChI is InChI=1S/C23H26N6/c1-17-7-8-20-18(14-27-21(20)13-17)9-10-26-23(24-2)28-15-19-5-3-4-6-22(19)29-12-11-25-16-29/h3-8,11-14,16,27H,9-10,15H2,1-2H3,(H2,24,26,28). The van der Waals surface area contributed by atoms with Gasteiger partial charge in [0.05, 0.1) is 12.0 Å². The second-order valence-electron chi connectivity index (χ2n) is 7.06. The predicted octanol–water partition coefficient (Wildman–Crippen LogP) is 3.57. The second-order valence-corrected chi connectivity index (χ2v) is 7.06. The number of guanidine groups is 1. The molecule has 0 bridgehead atoms. The van der Waals surface area contributed by atoms with Gasteiger partial charge in [0.1, 0.15) is 0 Å². The average Bonchev–Trinajstić information content (AvgIpc) is 3.41. The fourth-order valence-corrected chi connectivity index (χ4v) is 3.54. The molecule has 29 heavy (non-hydrogen) atoms. The van der Waals surface area contributed by atoms with Crippen molar-refractivity contribution in [3.05, 3.63) is 84.1 Å². The highest BCUT2D eigenvalue weighted by Crippen LogP contribution is 2.19. The summed E-state index contributed by atoms with van der Waals surface area (Å²) in [7, 11) is 1.80. The number of aryl methyl sites for hydroxylation is 1. The van der Waals surface area contributed by atoms with Gasteiger partial charge in [0.25, 0.3) is 0 Å². The molecule has 0 saturated heterocycles. The molecular weight excluding hydrogens is 360 g/mol. The van der Waals surface area contributed by atoms with Crippen LogP contribution in [0.2, 0.25) is 0 Å². The van der Waals surface area contributed by atoms with Crippen molar-refractivity contribution in [1.82, 2.24) is 25.2 Å². The van der Waals surface area contributed by atoms with E-state index in [4.69, 9.17) is 0 Å². The van der Waals surface area contributed by atoms with Crippen molar-refractivity contribution in [3.63, 3.8) is 0 Å². The lowest BCUT2D eigenvalue weighted by Crippen LogP contribution is -2.38. The Kier molecular flexibility index (Phi) is 5.61. The van der Waals surface area contributed by atoms with Gasteiger partial charge >= 0.3 is 0 Å². The van der Waals surface area contributed by atoms with Crippen LogP contribution in [0.15, 0.2) is 72.4 Å². The first-order valence-corrected chi connectivity index (χ1v) is 9.82. The van der Waals surface area contributed by atoms with Crippen LogP contribution < -0.4 is 10.6 Å². The summed E-state index contributed by atoms with van der Waals surface area (Å²) in [6.07, 6.45) is 8.58. The van der Waals surface area contributed by atoms with Crippen molar-refractivity contribution >= 4 is 16.9 Å². The molecule has 6 nitrogen and oxygen atoms in total. The number of benzene rings is 2. The summed E-state index contributed by atoms with van der Waals surface area (Å²) in [5.41, 5.74) is 6.07. The van der Waals surface area contributed by atoms with E-state index in [2.05, 4.69) is 69.0 Å². The van der Waals surface area contributed by atoms with E-state index in [1.165, 1.54) is 27.6 Å². The number of hydrogen-bond donors (Lipinski definition) is 3. The molecule has 0 amide bonds. The Morgan fingerprint density at radius 3 is 2.86 bits per heavy atom. The van der Waals surface area contributed by atoms with Gasteiger partial charge < -0.3 is 20.2 Å². The third-order valence-electron chi connectivity index (χ3n) is 5.05. The molecule has 148 valence electrons. The lowest BCUT2D eigenvalue weighted by molar-refractivity contribution is 0.792. The summed E-state index contributed by atoms with van der Waals surface area (Å²) in [6.45, 7) is 3.60. The molecule has 0 atom stereocenters. The maximum absolute atomic E-state index is 4.36. The molecule has 0 spiro atoms. The molecule has 0 fully saturated rings. The van der Waals surface area contributed by atoms with E-state index in [0.29, 0.717) is 6.54 Å². The molecule has 0 saturated carbocycles. The van der Waals surface area contributed by atoms with Gasteiger partial charge in [-0.3, -0.25) is 4.99 Å². The van der Waals surface area contributed by atoms with E-state index in [1.54, 1.807) is 13.2 Å². The van der Waals surface area contributed by atoms with Crippen LogP contribution in [0.3, 0.4) is 0 Å². The van der Waals surface area contributed by atoms with Gasteiger partial charge in [-0.25, -0.2) is 4.98 Å². The molecule has 4 rings (SSSR count). The summed E-state index contributed by atoms with van der Waals surface area (Å²) in [5, 5.41) is 8.11. The van der Waals surface area contributed by atoms with Crippen LogP contribution in [0.1, 0.15) is 16.7 Å². The molecule has 6 heteroatoms. The van der Waals surface area contributed by atoms with Crippen LogP contribution in [0, 0.1) is 6.92 Å². The predicted molar refractivity (Wildman–Crippen MR) is 119 cm³/mol. The third-order valence-corrected chi connectivity index (χ3v) is 5.05. The zero-order chi connectivity index (χ0) is 20.1. The molecule has 3 N–H and O–H groups in total. The lowest BCUT2D eigenvalue weighted by atomic mass is 10.1. The number of aliphatic imine (C=N–C) groups is 1. The highest BCUT2D eigenvalue weighted by atomic mass is 15.2. The van der Waals surface area contributed by atoms with Gasteiger partial charge in [0.2, 0.25) is 0 Å². The Labute approximate surface area is 170 Å². The Bertz CT molecular complexity index is 1110. The number of nitrogens with one attached hydrogen (secondary N) is 3. The molecule has 0 aliphatic rings. The van der Waals surface area contributed by atoms with Crippen molar-refractivity contribution < 1.29 is 0 Å². The van der Waals surface area contributed by atoms with Crippen LogP contribution in [0.5, 0.6) is 0 Å². The van der Waals surface area contributed by atoms with E-state index < -0.39 is 0 Å². The number of fused-ring (bicyclic) bond motifs is 1. The Hall–Kier alpha value is -3.54. The van der Waals surface area contributed by atoms with E-state index in [0.717, 1.165) is 24.6 Å². The summed E-state index contributed by atoms with van der Waals surface area (Å²) in [4.78, 5) is 11.9. The fraction of sp³-hybridized carbons (Fsp3) is 0.217. The van der Waals surface area contributed by atoms with Gasteiger partial charge in [-0.2, -0.15) is 0 Å². The SMILES string of the molecule is CN=C(NCCc1c[nH]c2cc(C)ccc12)NCc1ccccc1-n1ccnc1. The normalized spacial score (nSPS) is 11.7. The number of rotatable bonds is 6. The maximum atomic E-state index is 4.36. The highest BCUT2D eigenvalue weighted by Gasteiger charge is 2.06. The van der Waals surface area contributed by atoms with Crippen molar-refractivity contribution in [2.75, 3.05) is 13.6 Å². The Morgan fingerprint density at radius 1 is 1.14 bits per heavy atom. The van der Waals surface area contributed by atoms with Crippen LogP contribution >= 0.6 is 0 Å². The number of aromatic nitrogens is 3. The minimum absolute atomic E-state index is 0.681. The topological polar surface area (TPSA) is 70.0 Å². The number of nitrogens with zero attached hydrogens (tertiary/aromatic N) is 3. The first kappa shape index (κ1) is 18.8. The van der Waals surface area contributed by atoms with Crippen molar-refractivity contribution in [2.24, 2.45) is 4.99 Å². The maximum Gasteiger partial charge on any atom is 0.191 e. The fourth-order valence-electron chi connectivity index (χ4n) is 3.54. The van der Waals surface area contributed by atoms with E-state index in [1.807, 2.05) is 29.2 Å². The summed E-state index contributed by atoms with van der Waals surface area (Å²) >= 11 is 0. The van der Waals surface area contributed by atoms with Crippen LogP contribution in [0.25, 0.3) is 16.6 Å². The zero-order valence-corrected chi connectivity index (χ0v) is 16.8. The summed E-state index contributed by atoms with van der Waals surface area (Å²) in [5.74, 6) is 0.793. The first-order valence-electron chi connectivity index (χ1n) is 9.82. The molecule has 0 unspecified atom stereocenters. The molecule has 2 aromatic heterocycles. The van der Waals surface area contributed by atoms with Gasteiger partial charge in [-0.1, -0.05) is 30.3 Å². The largest absolute Gasteiger partial charge is 0.361 e. The zero-order valence-electron chi connectivity index (χ0n) is 16.8. The minimum Gasteiger partial charge on any atom is -0.361 e. The molecule has 0 aliphatic carbocycles. The van der Waals surface area contributed by atoms with Crippen LogP contribution in [-0.4, -0.2) is 34.1 Å². The minimum atomic E-state index is 0.681. The number of hydrogen-bond acceptors (Lipinski definition) is 2. The lowest BCUT2D eigenvalue weighted by Gasteiger charge is -2.14. The van der Waals surface area contributed by atoms with E-state index >= 15 is 0 Å². The Balaban J connectivity index is 1.35. The van der Waals surface area contributed by atoms with Gasteiger partial charge in [-0.15, -0.1) is 0 Å². The number of aromatic amines is 1. The molecule has 2 aromatic carbocycles. The van der Waals surface area contributed by atoms with Crippen LogP contribution in [0.4, 0.5) is 0 Å². The quantitative estimate of drug-likeness (QED) is 0.350. The molecule has 0 radical (unpaired) electrons. The van der Waals surface area contributed by atoms with Crippen molar-refractivity contribution in [2.45, 2.75) is 19.9 Å². The molecular formula is C23H26N6. The van der Waals surface area contributed by atoms with Gasteiger partial charge in [0.15, 0.2) is 5.96 Å². The Morgan fingerprint density at radius 2 is 2.03 bits per heavy atom. The third kappa shape index (κ3) is 4.32. The van der Waals surface area contributed by atoms with Crippen LogP contribution in [-0.2, 0) is 13.0 Å². The van der Waals surface area contributed by atoms with Crippen molar-refractivity contribution in [1.29, 1.82) is 0 Å². The number of imidazole rings is 1. The molecule has 2 heterocycles. The van der Waals surface area contributed by atoms with E-state index in [-0.39, 0.29) is 0 Å². The number of H-pyrrole nitrogens is 1. The van der Waals surface area contributed by atoms with Crippen molar-refractivity contribution in [3.8, 4) is 5.69 Å².